The molecule has 92 valence electrons. The maximum absolute atomic E-state index is 10.4. The van der Waals surface area contributed by atoms with E-state index in [4.69, 9.17) is 9.84 Å². The van der Waals surface area contributed by atoms with Gasteiger partial charge in [0.05, 0.1) is 12.7 Å². The van der Waals surface area contributed by atoms with Gasteiger partial charge in [0.1, 0.15) is 6.10 Å². The standard InChI is InChI=1S/C13H16O4/c1-10(14)12(7-8-13(15)16)17-9-11-5-3-2-4-6-11/h2-8,10,12,14H,9H2,1H3,(H,15,16)/b8-7+/t10-,12+/m1/s1. The van der Waals surface area contributed by atoms with Crippen molar-refractivity contribution in [2.24, 2.45) is 0 Å². The first-order chi connectivity index (χ1) is 8.09. The molecular weight excluding hydrogens is 220 g/mol. The zero-order valence-corrected chi connectivity index (χ0v) is 9.61. The Morgan fingerprint density at radius 1 is 1.41 bits per heavy atom. The van der Waals surface area contributed by atoms with Gasteiger partial charge in [-0.3, -0.25) is 0 Å². The summed E-state index contributed by atoms with van der Waals surface area (Å²) in [6.45, 7) is 1.89. The van der Waals surface area contributed by atoms with E-state index in [0.717, 1.165) is 11.6 Å². The Kier molecular flexibility index (Phi) is 5.39. The third kappa shape index (κ3) is 5.29. The van der Waals surface area contributed by atoms with Crippen molar-refractivity contribution in [3.8, 4) is 0 Å². The fourth-order valence-electron chi connectivity index (χ4n) is 1.30. The summed E-state index contributed by atoms with van der Waals surface area (Å²) in [5, 5.41) is 17.9. The number of carboxylic acids is 1. The minimum atomic E-state index is -1.06. The Hall–Kier alpha value is -1.65. The number of hydrogen-bond donors (Lipinski definition) is 2. The Morgan fingerprint density at radius 3 is 2.59 bits per heavy atom. The van der Waals surface area contributed by atoms with Gasteiger partial charge in [-0.2, -0.15) is 0 Å². The molecule has 0 radical (unpaired) electrons. The molecule has 0 aliphatic rings. The fourth-order valence-corrected chi connectivity index (χ4v) is 1.30. The van der Waals surface area contributed by atoms with E-state index in [1.807, 2.05) is 30.3 Å². The molecule has 0 heterocycles. The molecule has 0 saturated carbocycles. The van der Waals surface area contributed by atoms with Gasteiger partial charge in [-0.05, 0) is 18.6 Å². The largest absolute Gasteiger partial charge is 0.478 e. The summed E-state index contributed by atoms with van der Waals surface area (Å²) in [7, 11) is 0. The Balaban J connectivity index is 2.53. The van der Waals surface area contributed by atoms with Crippen LogP contribution in [0.5, 0.6) is 0 Å². The van der Waals surface area contributed by atoms with Crippen LogP contribution in [0.4, 0.5) is 0 Å². The molecule has 0 amide bonds. The van der Waals surface area contributed by atoms with Gasteiger partial charge in [0, 0.05) is 6.08 Å². The molecule has 0 aliphatic carbocycles. The Labute approximate surface area is 100 Å². The van der Waals surface area contributed by atoms with Gasteiger partial charge in [0.25, 0.3) is 0 Å². The average molecular weight is 236 g/mol. The van der Waals surface area contributed by atoms with Crippen LogP contribution in [0.25, 0.3) is 0 Å². The summed E-state index contributed by atoms with van der Waals surface area (Å²) in [4.78, 5) is 10.4. The van der Waals surface area contributed by atoms with E-state index in [-0.39, 0.29) is 0 Å². The highest BCUT2D eigenvalue weighted by Crippen LogP contribution is 2.07. The second-order valence-corrected chi connectivity index (χ2v) is 3.70. The van der Waals surface area contributed by atoms with Crippen molar-refractivity contribution in [3.63, 3.8) is 0 Å². The molecule has 1 rings (SSSR count). The first-order valence-electron chi connectivity index (χ1n) is 5.34. The molecule has 2 N–H and O–H groups in total. The SMILES string of the molecule is C[C@@H](O)[C@H](/C=C/C(=O)O)OCc1ccccc1. The molecule has 4 nitrogen and oxygen atoms in total. The monoisotopic (exact) mass is 236 g/mol. The molecule has 0 spiro atoms. The topological polar surface area (TPSA) is 66.8 Å². The molecule has 17 heavy (non-hydrogen) atoms. The van der Waals surface area contributed by atoms with Crippen LogP contribution in [0.3, 0.4) is 0 Å². The lowest BCUT2D eigenvalue weighted by Crippen LogP contribution is -2.24. The smallest absolute Gasteiger partial charge is 0.328 e. The number of carbonyl (C=O) groups is 1. The highest BCUT2D eigenvalue weighted by molar-refractivity contribution is 5.79. The minimum absolute atomic E-state index is 0.334. The van der Waals surface area contributed by atoms with Crippen LogP contribution in [0.1, 0.15) is 12.5 Å². The highest BCUT2D eigenvalue weighted by atomic mass is 16.5. The Morgan fingerprint density at radius 2 is 2.06 bits per heavy atom. The molecule has 0 bridgehead atoms. The van der Waals surface area contributed by atoms with Crippen molar-refractivity contribution >= 4 is 5.97 Å². The van der Waals surface area contributed by atoms with Crippen molar-refractivity contribution < 1.29 is 19.7 Å². The number of carboxylic acid groups (broad SMARTS) is 1. The van der Waals surface area contributed by atoms with E-state index in [1.165, 1.54) is 6.08 Å². The van der Waals surface area contributed by atoms with Crippen LogP contribution in [-0.4, -0.2) is 28.4 Å². The molecule has 0 unspecified atom stereocenters. The third-order valence-corrected chi connectivity index (χ3v) is 2.19. The number of aliphatic hydroxyl groups is 1. The van der Waals surface area contributed by atoms with Crippen molar-refractivity contribution in [3.05, 3.63) is 48.0 Å². The van der Waals surface area contributed by atoms with Gasteiger partial charge in [-0.25, -0.2) is 4.79 Å². The first kappa shape index (κ1) is 13.4. The van der Waals surface area contributed by atoms with Gasteiger partial charge in [-0.15, -0.1) is 0 Å². The average Bonchev–Trinajstić information content (AvgIpc) is 2.29. The van der Waals surface area contributed by atoms with Crippen LogP contribution in [0, 0.1) is 0 Å². The van der Waals surface area contributed by atoms with Gasteiger partial charge in [0.15, 0.2) is 0 Å². The first-order valence-corrected chi connectivity index (χ1v) is 5.34. The van der Waals surface area contributed by atoms with Gasteiger partial charge in [0.2, 0.25) is 0 Å². The molecule has 0 aromatic heterocycles. The van der Waals surface area contributed by atoms with Gasteiger partial charge in [-0.1, -0.05) is 30.3 Å². The minimum Gasteiger partial charge on any atom is -0.478 e. The summed E-state index contributed by atoms with van der Waals surface area (Å²) in [6, 6.07) is 9.49. The molecular formula is C13H16O4. The third-order valence-electron chi connectivity index (χ3n) is 2.19. The van der Waals surface area contributed by atoms with Crippen molar-refractivity contribution in [1.82, 2.24) is 0 Å². The fraction of sp³-hybridized carbons (Fsp3) is 0.308. The predicted molar refractivity (Wildman–Crippen MR) is 63.5 cm³/mol. The molecule has 0 aliphatic heterocycles. The van der Waals surface area contributed by atoms with Crippen molar-refractivity contribution in [1.29, 1.82) is 0 Å². The lowest BCUT2D eigenvalue weighted by atomic mass is 10.2. The van der Waals surface area contributed by atoms with E-state index in [9.17, 15) is 9.90 Å². The summed E-state index contributed by atoms with van der Waals surface area (Å²) in [5.41, 5.74) is 0.974. The van der Waals surface area contributed by atoms with Crippen LogP contribution in [-0.2, 0) is 16.1 Å². The van der Waals surface area contributed by atoms with Crippen LogP contribution in [0.15, 0.2) is 42.5 Å². The quantitative estimate of drug-likeness (QED) is 0.736. The number of rotatable bonds is 6. The normalized spacial score (nSPS) is 14.7. The lowest BCUT2D eigenvalue weighted by Gasteiger charge is -2.16. The maximum atomic E-state index is 10.4. The summed E-state index contributed by atoms with van der Waals surface area (Å²) in [5.74, 6) is -1.06. The lowest BCUT2D eigenvalue weighted by molar-refractivity contribution is -0.131. The van der Waals surface area contributed by atoms with Crippen LogP contribution in [0.2, 0.25) is 0 Å². The van der Waals surface area contributed by atoms with Gasteiger partial charge < -0.3 is 14.9 Å². The highest BCUT2D eigenvalue weighted by Gasteiger charge is 2.12. The second-order valence-electron chi connectivity index (χ2n) is 3.70. The second kappa shape index (κ2) is 6.83. The van der Waals surface area contributed by atoms with E-state index < -0.39 is 18.2 Å². The number of benzene rings is 1. The zero-order valence-electron chi connectivity index (χ0n) is 9.61. The van der Waals surface area contributed by atoms with E-state index >= 15 is 0 Å². The van der Waals surface area contributed by atoms with Crippen molar-refractivity contribution in [2.45, 2.75) is 25.7 Å². The number of ether oxygens (including phenoxy) is 1. The van der Waals surface area contributed by atoms with Crippen LogP contribution < -0.4 is 0 Å². The molecule has 4 heteroatoms. The summed E-state index contributed by atoms with van der Waals surface area (Å²) < 4.78 is 5.44. The summed E-state index contributed by atoms with van der Waals surface area (Å²) >= 11 is 0. The van der Waals surface area contributed by atoms with Crippen molar-refractivity contribution in [2.75, 3.05) is 0 Å². The maximum Gasteiger partial charge on any atom is 0.328 e. The molecule has 1 aromatic rings. The number of aliphatic carboxylic acids is 1. The number of hydrogen-bond acceptors (Lipinski definition) is 3. The number of aliphatic hydroxyl groups excluding tert-OH is 1. The van der Waals surface area contributed by atoms with Gasteiger partial charge >= 0.3 is 5.97 Å². The van der Waals surface area contributed by atoms with E-state index in [2.05, 4.69) is 0 Å². The zero-order chi connectivity index (χ0) is 12.7. The molecule has 2 atom stereocenters. The van der Waals surface area contributed by atoms with Crippen LogP contribution >= 0.6 is 0 Å². The predicted octanol–water partition coefficient (Wildman–Crippen LogP) is 1.59. The molecule has 0 saturated heterocycles. The van der Waals surface area contributed by atoms with E-state index in [0.29, 0.717) is 6.61 Å². The Bertz CT molecular complexity index is 370. The van der Waals surface area contributed by atoms with E-state index in [1.54, 1.807) is 6.92 Å². The summed E-state index contributed by atoms with van der Waals surface area (Å²) in [6.07, 6.45) is 0.943. The molecule has 0 fully saturated rings. The molecule has 1 aromatic carbocycles.